The average molecular weight is 446 g/mol. The van der Waals surface area contributed by atoms with Crippen LogP contribution in [0.25, 0.3) is 26.9 Å². The molecular weight excluding hydrogens is 422 g/mol. The summed E-state index contributed by atoms with van der Waals surface area (Å²) in [5, 5.41) is 0.809. The molecule has 0 aliphatic carbocycles. The van der Waals surface area contributed by atoms with Gasteiger partial charge in [0.2, 0.25) is 0 Å². The fourth-order valence-electron chi connectivity index (χ4n) is 3.17. The number of esters is 1. The van der Waals surface area contributed by atoms with Crippen LogP contribution < -0.4 is 14.2 Å². The number of benzene rings is 3. The topological polar surface area (TPSA) is 57.7 Å². The number of hydrogen-bond donors (Lipinski definition) is 0. The van der Waals surface area contributed by atoms with Gasteiger partial charge in [-0.1, -0.05) is 30.3 Å². The minimum Gasteiger partial charge on any atom is -0.493 e. The molecule has 3 aromatic carbocycles. The summed E-state index contributed by atoms with van der Waals surface area (Å²) in [5.41, 5.74) is 2.51. The largest absolute Gasteiger partial charge is 0.493 e. The van der Waals surface area contributed by atoms with Gasteiger partial charge in [0.05, 0.1) is 29.0 Å². The van der Waals surface area contributed by atoms with Gasteiger partial charge in [-0.15, -0.1) is 11.3 Å². The third-order valence-electron chi connectivity index (χ3n) is 4.58. The van der Waals surface area contributed by atoms with Crippen molar-refractivity contribution >= 4 is 33.6 Å². The number of para-hydroxylation sites is 2. The van der Waals surface area contributed by atoms with Crippen molar-refractivity contribution in [3.05, 3.63) is 78.4 Å². The lowest BCUT2D eigenvalue weighted by atomic mass is 10.2. The maximum atomic E-state index is 12.5. The molecule has 0 aliphatic heterocycles. The van der Waals surface area contributed by atoms with Gasteiger partial charge in [-0.25, -0.2) is 9.78 Å². The zero-order valence-electron chi connectivity index (χ0n) is 18.1. The summed E-state index contributed by atoms with van der Waals surface area (Å²) < 4.78 is 17.8. The predicted molar refractivity (Wildman–Crippen MR) is 128 cm³/mol. The Morgan fingerprint density at radius 2 is 1.75 bits per heavy atom. The van der Waals surface area contributed by atoms with Gasteiger partial charge < -0.3 is 14.2 Å². The van der Waals surface area contributed by atoms with Crippen LogP contribution in [0.3, 0.4) is 0 Å². The highest BCUT2D eigenvalue weighted by molar-refractivity contribution is 7.21. The maximum Gasteiger partial charge on any atom is 0.336 e. The van der Waals surface area contributed by atoms with E-state index in [0.717, 1.165) is 26.4 Å². The summed E-state index contributed by atoms with van der Waals surface area (Å²) in [6, 6.07) is 20.9. The van der Waals surface area contributed by atoms with E-state index in [4.69, 9.17) is 14.2 Å². The number of methoxy groups -OCH3 is 1. The summed E-state index contributed by atoms with van der Waals surface area (Å²) in [4.78, 5) is 17.2. The van der Waals surface area contributed by atoms with E-state index in [1.165, 1.54) is 6.08 Å². The Kier molecular flexibility index (Phi) is 6.52. The minimum atomic E-state index is -0.472. The molecular formula is C26H23NO4S. The summed E-state index contributed by atoms with van der Waals surface area (Å²) in [5.74, 6) is 1.27. The number of ether oxygens (including phenoxy) is 3. The smallest absolute Gasteiger partial charge is 0.336 e. The van der Waals surface area contributed by atoms with Gasteiger partial charge in [0.1, 0.15) is 10.8 Å². The van der Waals surface area contributed by atoms with Gasteiger partial charge >= 0.3 is 5.97 Å². The number of carbonyl (C=O) groups excluding carboxylic acids is 1. The Morgan fingerprint density at radius 3 is 2.53 bits per heavy atom. The summed E-state index contributed by atoms with van der Waals surface area (Å²) in [6.07, 6.45) is 3.12. The van der Waals surface area contributed by atoms with E-state index in [1.54, 1.807) is 30.6 Å². The lowest BCUT2D eigenvalue weighted by Crippen LogP contribution is -2.06. The van der Waals surface area contributed by atoms with Crippen molar-refractivity contribution in [3.8, 4) is 27.8 Å². The monoisotopic (exact) mass is 445 g/mol. The normalized spacial score (nSPS) is 11.2. The van der Waals surface area contributed by atoms with Crippen molar-refractivity contribution in [3.63, 3.8) is 0 Å². The molecule has 4 aromatic rings. The zero-order valence-corrected chi connectivity index (χ0v) is 18.9. The molecule has 0 amide bonds. The van der Waals surface area contributed by atoms with Crippen molar-refractivity contribution in [1.82, 2.24) is 4.98 Å². The van der Waals surface area contributed by atoms with Gasteiger partial charge in [0, 0.05) is 6.08 Å². The highest BCUT2D eigenvalue weighted by Gasteiger charge is 2.13. The molecule has 0 saturated heterocycles. The van der Waals surface area contributed by atoms with E-state index in [-0.39, 0.29) is 6.10 Å². The Labute approximate surface area is 190 Å². The SMILES string of the molecule is COc1cc(/C=C/C(=O)Oc2ccccc2-c2nc3ccccc3s2)ccc1OC(C)C. The molecule has 0 radical (unpaired) electrons. The van der Waals surface area contributed by atoms with E-state index in [1.807, 2.05) is 74.5 Å². The Balaban J connectivity index is 1.52. The van der Waals surface area contributed by atoms with Crippen molar-refractivity contribution in [2.45, 2.75) is 20.0 Å². The first-order valence-corrected chi connectivity index (χ1v) is 11.0. The lowest BCUT2D eigenvalue weighted by molar-refractivity contribution is -0.128. The first-order chi connectivity index (χ1) is 15.5. The molecule has 0 fully saturated rings. The van der Waals surface area contributed by atoms with E-state index >= 15 is 0 Å². The number of thiazole rings is 1. The number of fused-ring (bicyclic) bond motifs is 1. The van der Waals surface area contributed by atoms with E-state index in [2.05, 4.69) is 4.98 Å². The first-order valence-electron chi connectivity index (χ1n) is 10.2. The number of aromatic nitrogens is 1. The standard InChI is InChI=1S/C26H23NO4S/c1-17(2)30-22-14-12-18(16-23(22)29-3)13-15-25(28)31-21-10-6-4-8-19(21)26-27-20-9-5-7-11-24(20)32-26/h4-17H,1-3H3/b15-13+. The maximum absolute atomic E-state index is 12.5. The quantitative estimate of drug-likeness (QED) is 0.188. The molecule has 1 aromatic heterocycles. The van der Waals surface area contributed by atoms with Crippen molar-refractivity contribution < 1.29 is 19.0 Å². The van der Waals surface area contributed by atoms with E-state index in [0.29, 0.717) is 17.2 Å². The second-order valence-corrected chi connectivity index (χ2v) is 8.34. The number of rotatable bonds is 7. The van der Waals surface area contributed by atoms with Crippen molar-refractivity contribution in [1.29, 1.82) is 0 Å². The molecule has 6 heteroatoms. The number of carbonyl (C=O) groups is 1. The van der Waals surface area contributed by atoms with Crippen LogP contribution in [0.5, 0.6) is 17.2 Å². The molecule has 0 unspecified atom stereocenters. The Morgan fingerprint density at radius 1 is 0.969 bits per heavy atom. The predicted octanol–water partition coefficient (Wildman–Crippen LogP) is 6.38. The van der Waals surface area contributed by atoms with Gasteiger partial charge in [0.15, 0.2) is 11.5 Å². The van der Waals surface area contributed by atoms with Gasteiger partial charge in [0.25, 0.3) is 0 Å². The second kappa shape index (κ2) is 9.66. The van der Waals surface area contributed by atoms with E-state index < -0.39 is 5.97 Å². The minimum absolute atomic E-state index is 0.0377. The molecule has 0 bridgehead atoms. The lowest BCUT2D eigenvalue weighted by Gasteiger charge is -2.13. The van der Waals surface area contributed by atoms with Crippen LogP contribution in [0, 0.1) is 0 Å². The molecule has 0 aliphatic rings. The molecule has 162 valence electrons. The van der Waals surface area contributed by atoms with Crippen LogP contribution in [0.15, 0.2) is 72.8 Å². The molecule has 0 spiro atoms. The highest BCUT2D eigenvalue weighted by atomic mass is 32.1. The molecule has 5 nitrogen and oxygen atoms in total. The van der Waals surface area contributed by atoms with Crippen molar-refractivity contribution in [2.24, 2.45) is 0 Å². The van der Waals surface area contributed by atoms with Gasteiger partial charge in [-0.3, -0.25) is 0 Å². The first kappa shape index (κ1) is 21.6. The molecule has 0 saturated carbocycles. The summed E-state index contributed by atoms with van der Waals surface area (Å²) in [6.45, 7) is 3.91. The molecule has 0 N–H and O–H groups in total. The summed E-state index contributed by atoms with van der Waals surface area (Å²) in [7, 11) is 1.59. The average Bonchev–Trinajstić information content (AvgIpc) is 3.22. The van der Waals surface area contributed by atoms with Crippen molar-refractivity contribution in [2.75, 3.05) is 7.11 Å². The third kappa shape index (κ3) is 4.98. The van der Waals surface area contributed by atoms with Crippen LogP contribution >= 0.6 is 11.3 Å². The van der Waals surface area contributed by atoms with Gasteiger partial charge in [-0.2, -0.15) is 0 Å². The molecule has 0 atom stereocenters. The van der Waals surface area contributed by atoms with Crippen LogP contribution in [0.2, 0.25) is 0 Å². The zero-order chi connectivity index (χ0) is 22.5. The Bertz CT molecular complexity index is 1240. The highest BCUT2D eigenvalue weighted by Crippen LogP contribution is 2.35. The fourth-order valence-corrected chi connectivity index (χ4v) is 4.16. The molecule has 4 rings (SSSR count). The van der Waals surface area contributed by atoms with Crippen LogP contribution in [0.1, 0.15) is 19.4 Å². The fraction of sp³-hybridized carbons (Fsp3) is 0.154. The van der Waals surface area contributed by atoms with E-state index in [9.17, 15) is 4.79 Å². The van der Waals surface area contributed by atoms with Gasteiger partial charge in [-0.05, 0) is 61.9 Å². The van der Waals surface area contributed by atoms with Crippen LogP contribution in [-0.2, 0) is 4.79 Å². The van der Waals surface area contributed by atoms with Crippen LogP contribution in [0.4, 0.5) is 0 Å². The molecule has 1 heterocycles. The molecule has 32 heavy (non-hydrogen) atoms. The Hall–Kier alpha value is -3.64. The summed E-state index contributed by atoms with van der Waals surface area (Å²) >= 11 is 1.57. The number of hydrogen-bond acceptors (Lipinski definition) is 6. The number of nitrogens with zero attached hydrogens (tertiary/aromatic N) is 1. The third-order valence-corrected chi connectivity index (χ3v) is 5.65. The van der Waals surface area contributed by atoms with Crippen LogP contribution in [-0.4, -0.2) is 24.2 Å². The second-order valence-electron chi connectivity index (χ2n) is 7.31.